The molecule has 1 heterocycles. The molecule has 0 aromatic rings. The fourth-order valence-corrected chi connectivity index (χ4v) is 1.52. The first-order chi connectivity index (χ1) is 8.51. The van der Waals surface area contributed by atoms with Gasteiger partial charge in [-0.1, -0.05) is 5.11 Å². The molecule has 1 rings (SSSR count). The maximum Gasteiger partial charge on any atom is 0.227 e. The summed E-state index contributed by atoms with van der Waals surface area (Å²) in [7, 11) is 0. The molecule has 10 heteroatoms. The Kier molecular flexibility index (Phi) is 5.28. The van der Waals surface area contributed by atoms with E-state index in [1.54, 1.807) is 0 Å². The Morgan fingerprint density at radius 1 is 1.33 bits per heavy atom. The maximum atomic E-state index is 11.2. The number of amides is 1. The van der Waals surface area contributed by atoms with E-state index in [-0.39, 0.29) is 0 Å². The van der Waals surface area contributed by atoms with Crippen LogP contribution in [0.1, 0.15) is 0 Å². The van der Waals surface area contributed by atoms with Crippen molar-refractivity contribution in [1.29, 1.82) is 0 Å². The third-order valence-corrected chi connectivity index (χ3v) is 2.47. The second kappa shape index (κ2) is 6.50. The molecular formula is C8H14N4O6. The molecular weight excluding hydrogens is 248 g/mol. The van der Waals surface area contributed by atoms with Gasteiger partial charge in [-0.15, -0.1) is 0 Å². The first kappa shape index (κ1) is 14.6. The summed E-state index contributed by atoms with van der Waals surface area (Å²) in [5, 5.41) is 42.5. The van der Waals surface area contributed by atoms with Gasteiger partial charge in [-0.3, -0.25) is 4.79 Å². The quantitative estimate of drug-likeness (QED) is 0.208. The largest absolute Gasteiger partial charge is 0.394 e. The van der Waals surface area contributed by atoms with Crippen LogP contribution in [-0.2, 0) is 9.53 Å². The molecule has 1 saturated heterocycles. The van der Waals surface area contributed by atoms with Crippen LogP contribution < -0.4 is 5.32 Å². The van der Waals surface area contributed by atoms with Crippen molar-refractivity contribution in [3.63, 3.8) is 0 Å². The summed E-state index contributed by atoms with van der Waals surface area (Å²) in [5.74, 6) is -0.725. The lowest BCUT2D eigenvalue weighted by molar-refractivity contribution is -0.235. The minimum atomic E-state index is -1.57. The number of ether oxygens (including phenoxy) is 1. The van der Waals surface area contributed by atoms with E-state index in [0.29, 0.717) is 0 Å². The van der Waals surface area contributed by atoms with E-state index in [1.807, 2.05) is 0 Å². The molecule has 1 fully saturated rings. The molecule has 0 saturated carbocycles. The van der Waals surface area contributed by atoms with Crippen LogP contribution in [-0.4, -0.2) is 70.1 Å². The highest BCUT2D eigenvalue weighted by Crippen LogP contribution is 2.19. The smallest absolute Gasteiger partial charge is 0.227 e. The minimum absolute atomic E-state index is 0.495. The van der Waals surface area contributed by atoms with E-state index in [2.05, 4.69) is 15.3 Å². The normalized spacial score (nSPS) is 35.7. The van der Waals surface area contributed by atoms with Crippen molar-refractivity contribution in [2.24, 2.45) is 5.11 Å². The van der Waals surface area contributed by atoms with Gasteiger partial charge >= 0.3 is 0 Å². The van der Waals surface area contributed by atoms with Crippen LogP contribution >= 0.6 is 0 Å². The predicted octanol–water partition coefficient (Wildman–Crippen LogP) is -2.79. The van der Waals surface area contributed by atoms with Gasteiger partial charge in [-0.05, 0) is 5.53 Å². The fraction of sp³-hybridized carbons (Fsp3) is 0.875. The lowest BCUT2D eigenvalue weighted by Gasteiger charge is -2.40. The summed E-state index contributed by atoms with van der Waals surface area (Å²) in [6.45, 7) is -1.08. The average Bonchev–Trinajstić information content (AvgIpc) is 2.37. The first-order valence-electron chi connectivity index (χ1n) is 5.12. The average molecular weight is 262 g/mol. The van der Waals surface area contributed by atoms with Crippen LogP contribution in [0.5, 0.6) is 0 Å². The summed E-state index contributed by atoms with van der Waals surface area (Å²) in [5.41, 5.74) is 8.02. The van der Waals surface area contributed by atoms with Gasteiger partial charge in [0.2, 0.25) is 5.91 Å². The predicted molar refractivity (Wildman–Crippen MR) is 55.9 cm³/mol. The monoisotopic (exact) mass is 262 g/mol. The van der Waals surface area contributed by atoms with E-state index in [4.69, 9.17) is 15.4 Å². The Labute approximate surface area is 101 Å². The number of hydrogen-bond acceptors (Lipinski definition) is 7. The van der Waals surface area contributed by atoms with Gasteiger partial charge < -0.3 is 30.5 Å². The van der Waals surface area contributed by atoms with Crippen LogP contribution in [0.2, 0.25) is 0 Å². The molecule has 0 spiro atoms. The molecule has 102 valence electrons. The van der Waals surface area contributed by atoms with Gasteiger partial charge in [-0.25, -0.2) is 0 Å². The summed E-state index contributed by atoms with van der Waals surface area (Å²) < 4.78 is 5.00. The number of nitrogens with zero attached hydrogens (tertiary/aromatic N) is 3. The Balaban J connectivity index is 2.64. The maximum absolute atomic E-state index is 11.2. The first-order valence-corrected chi connectivity index (χ1v) is 5.12. The van der Waals surface area contributed by atoms with Crippen molar-refractivity contribution in [3.05, 3.63) is 10.4 Å². The fourth-order valence-electron chi connectivity index (χ4n) is 1.52. The number of carbonyl (C=O) groups is 1. The number of azide groups is 1. The van der Waals surface area contributed by atoms with Crippen LogP contribution in [0.3, 0.4) is 0 Å². The van der Waals surface area contributed by atoms with Crippen LogP contribution in [0.25, 0.3) is 10.4 Å². The van der Waals surface area contributed by atoms with Gasteiger partial charge in [0.1, 0.15) is 31.0 Å². The molecule has 0 bridgehead atoms. The van der Waals surface area contributed by atoms with E-state index >= 15 is 0 Å². The molecule has 10 nitrogen and oxygen atoms in total. The van der Waals surface area contributed by atoms with E-state index in [0.717, 1.165) is 0 Å². The second-order valence-corrected chi connectivity index (χ2v) is 3.71. The summed E-state index contributed by atoms with van der Waals surface area (Å²) in [6.07, 6.45) is -7.02. The number of aliphatic hydroxyl groups excluding tert-OH is 4. The molecule has 0 aliphatic carbocycles. The van der Waals surface area contributed by atoms with Crippen molar-refractivity contribution in [1.82, 2.24) is 5.32 Å². The Bertz CT molecular complexity index is 344. The Morgan fingerprint density at radius 2 is 2.00 bits per heavy atom. The summed E-state index contributed by atoms with van der Waals surface area (Å²) in [6, 6.07) is 0. The van der Waals surface area contributed by atoms with Crippen molar-refractivity contribution < 1.29 is 30.0 Å². The molecule has 1 unspecified atom stereocenters. The van der Waals surface area contributed by atoms with E-state index in [9.17, 15) is 20.1 Å². The van der Waals surface area contributed by atoms with Gasteiger partial charge in [0.15, 0.2) is 6.23 Å². The van der Waals surface area contributed by atoms with Crippen molar-refractivity contribution in [3.8, 4) is 0 Å². The molecule has 1 amide bonds. The van der Waals surface area contributed by atoms with E-state index in [1.165, 1.54) is 0 Å². The second-order valence-electron chi connectivity index (χ2n) is 3.71. The zero-order valence-corrected chi connectivity index (χ0v) is 9.25. The molecule has 18 heavy (non-hydrogen) atoms. The molecule has 0 aromatic heterocycles. The van der Waals surface area contributed by atoms with Crippen molar-refractivity contribution in [2.75, 3.05) is 13.2 Å². The third kappa shape index (κ3) is 3.29. The van der Waals surface area contributed by atoms with Gasteiger partial charge in [-0.2, -0.15) is 0 Å². The van der Waals surface area contributed by atoms with Gasteiger partial charge in [0.05, 0.1) is 6.61 Å². The molecule has 5 N–H and O–H groups in total. The standard InChI is InChI=1S/C8H14N4O6/c9-12-10-1-4(14)11-8-7(17)6(16)5(15)3(2-13)18-8/h3,5-8,13,15-17H,1-2H2,(H,11,14)/t3-,5-,6+,7-,8?/m1/s1. The van der Waals surface area contributed by atoms with Crippen molar-refractivity contribution >= 4 is 5.91 Å². The zero-order chi connectivity index (χ0) is 13.7. The molecule has 1 aliphatic rings. The number of nitrogens with one attached hydrogen (secondary N) is 1. The molecule has 0 aromatic carbocycles. The molecule has 1 aliphatic heterocycles. The lowest BCUT2D eigenvalue weighted by atomic mass is 9.98. The SMILES string of the molecule is [N-]=[N+]=NCC(=O)NC1O[C@H](CO)[C@@H](O)[C@H](O)[C@H]1O. The third-order valence-electron chi connectivity index (χ3n) is 2.47. The van der Waals surface area contributed by atoms with Crippen LogP contribution in [0, 0.1) is 0 Å². The van der Waals surface area contributed by atoms with Crippen molar-refractivity contribution in [2.45, 2.75) is 30.6 Å². The highest BCUT2D eigenvalue weighted by atomic mass is 16.6. The minimum Gasteiger partial charge on any atom is -0.394 e. The lowest BCUT2D eigenvalue weighted by Crippen LogP contribution is -2.63. The van der Waals surface area contributed by atoms with Crippen LogP contribution in [0.4, 0.5) is 0 Å². The summed E-state index contributed by atoms with van der Waals surface area (Å²) in [4.78, 5) is 13.6. The molecule has 5 atom stereocenters. The zero-order valence-electron chi connectivity index (χ0n) is 9.25. The van der Waals surface area contributed by atoms with Crippen LogP contribution in [0.15, 0.2) is 5.11 Å². The highest BCUT2D eigenvalue weighted by molar-refractivity contribution is 5.78. The number of aliphatic hydroxyl groups is 4. The Morgan fingerprint density at radius 3 is 2.56 bits per heavy atom. The topological polar surface area (TPSA) is 168 Å². The summed E-state index contributed by atoms with van der Waals surface area (Å²) >= 11 is 0. The Hall–Kier alpha value is -1.42. The number of rotatable bonds is 4. The van der Waals surface area contributed by atoms with Gasteiger partial charge in [0, 0.05) is 4.91 Å². The molecule has 0 radical (unpaired) electrons. The highest BCUT2D eigenvalue weighted by Gasteiger charge is 2.43. The number of hydrogen-bond donors (Lipinski definition) is 5. The van der Waals surface area contributed by atoms with E-state index < -0.39 is 49.7 Å². The van der Waals surface area contributed by atoms with Gasteiger partial charge in [0.25, 0.3) is 0 Å². The number of carbonyl (C=O) groups excluding carboxylic acids is 1.